The van der Waals surface area contributed by atoms with E-state index in [0.29, 0.717) is 25.7 Å². The molecule has 17 nitrogen and oxygen atoms in total. The van der Waals surface area contributed by atoms with Gasteiger partial charge in [-0.25, -0.2) is 9.13 Å². The molecule has 3 N–H and O–H groups in total. The molecule has 0 aromatic heterocycles. The third kappa shape index (κ3) is 80.5. The van der Waals surface area contributed by atoms with Gasteiger partial charge in [0.15, 0.2) is 12.2 Å². The molecule has 107 heavy (non-hydrogen) atoms. The normalized spacial score (nSPS) is 14.0. The predicted molar refractivity (Wildman–Crippen MR) is 442 cm³/mol. The van der Waals surface area contributed by atoms with E-state index in [-0.39, 0.29) is 25.7 Å². The molecule has 0 radical (unpaired) electrons. The van der Waals surface area contributed by atoms with E-state index >= 15 is 0 Å². The average molecular weight is 1560 g/mol. The fourth-order valence-electron chi connectivity index (χ4n) is 13.7. The highest BCUT2D eigenvalue weighted by Crippen LogP contribution is 2.45. The second kappa shape index (κ2) is 79.3. The summed E-state index contributed by atoms with van der Waals surface area (Å²) in [4.78, 5) is 73.3. The fraction of sp³-hybridized carbons (Fsp3) is 0.955. The van der Waals surface area contributed by atoms with Gasteiger partial charge in [0.25, 0.3) is 0 Å². The molecular weight excluding hydrogens is 1390 g/mol. The highest BCUT2D eigenvalue weighted by Gasteiger charge is 2.31. The number of aliphatic hydroxyl groups excluding tert-OH is 1. The number of phosphoric acid groups is 2. The zero-order chi connectivity index (χ0) is 78.5. The monoisotopic (exact) mass is 1560 g/mol. The molecule has 3 unspecified atom stereocenters. The van der Waals surface area contributed by atoms with Gasteiger partial charge in [-0.05, 0) is 37.5 Å². The average Bonchev–Trinajstić information content (AvgIpc) is 0.910. The molecule has 0 aliphatic carbocycles. The topological polar surface area (TPSA) is 237 Å². The Morgan fingerprint density at radius 3 is 0.710 bits per heavy atom. The Hall–Kier alpha value is -1.94. The van der Waals surface area contributed by atoms with E-state index in [9.17, 15) is 43.2 Å². The van der Waals surface area contributed by atoms with Crippen molar-refractivity contribution in [1.29, 1.82) is 0 Å². The molecule has 0 aromatic rings. The van der Waals surface area contributed by atoms with Crippen LogP contribution in [0.1, 0.15) is 472 Å². The van der Waals surface area contributed by atoms with Crippen molar-refractivity contribution in [3.8, 4) is 0 Å². The summed E-state index contributed by atoms with van der Waals surface area (Å²) in [5.74, 6) is -0.550. The number of rotatable bonds is 87. The highest BCUT2D eigenvalue weighted by molar-refractivity contribution is 7.47. The molecule has 636 valence electrons. The van der Waals surface area contributed by atoms with E-state index < -0.39 is 97.5 Å². The minimum absolute atomic E-state index is 0.108. The number of phosphoric ester groups is 2. The second-order valence-corrected chi connectivity index (χ2v) is 35.3. The van der Waals surface area contributed by atoms with Crippen LogP contribution in [0.15, 0.2) is 0 Å². The fourth-order valence-corrected chi connectivity index (χ4v) is 15.3. The van der Waals surface area contributed by atoms with Crippen LogP contribution in [0.5, 0.6) is 0 Å². The maximum atomic E-state index is 13.2. The van der Waals surface area contributed by atoms with Crippen LogP contribution in [0, 0.1) is 11.8 Å². The van der Waals surface area contributed by atoms with E-state index in [0.717, 1.165) is 108 Å². The molecule has 0 saturated carbocycles. The molecule has 6 atom stereocenters. The Labute approximate surface area is 658 Å². The van der Waals surface area contributed by atoms with Gasteiger partial charge in [-0.1, -0.05) is 420 Å². The summed E-state index contributed by atoms with van der Waals surface area (Å²) in [7, 11) is -9.93. The molecule has 0 spiro atoms. The van der Waals surface area contributed by atoms with Gasteiger partial charge in [0, 0.05) is 25.7 Å². The Bertz CT molecular complexity index is 2050. The van der Waals surface area contributed by atoms with Crippen LogP contribution in [0.3, 0.4) is 0 Å². The van der Waals surface area contributed by atoms with Crippen molar-refractivity contribution in [2.45, 2.75) is 490 Å². The van der Waals surface area contributed by atoms with E-state index in [1.54, 1.807) is 0 Å². The quantitative estimate of drug-likeness (QED) is 0.0222. The third-order valence-electron chi connectivity index (χ3n) is 21.1. The van der Waals surface area contributed by atoms with Gasteiger partial charge < -0.3 is 33.8 Å². The van der Waals surface area contributed by atoms with Crippen LogP contribution in [0.25, 0.3) is 0 Å². The lowest BCUT2D eigenvalue weighted by atomic mass is 10.00. The smallest absolute Gasteiger partial charge is 0.462 e. The summed E-state index contributed by atoms with van der Waals surface area (Å²) < 4.78 is 68.9. The molecule has 0 heterocycles. The summed E-state index contributed by atoms with van der Waals surface area (Å²) in [6, 6.07) is 0. The molecule has 0 rings (SSSR count). The van der Waals surface area contributed by atoms with E-state index in [4.69, 9.17) is 37.0 Å². The van der Waals surface area contributed by atoms with Gasteiger partial charge in [-0.2, -0.15) is 0 Å². The van der Waals surface area contributed by atoms with Crippen molar-refractivity contribution < 1.29 is 80.2 Å². The van der Waals surface area contributed by atoms with Crippen molar-refractivity contribution in [2.24, 2.45) is 11.8 Å². The van der Waals surface area contributed by atoms with Gasteiger partial charge in [0.2, 0.25) is 0 Å². The number of aliphatic hydroxyl groups is 1. The molecule has 0 aliphatic heterocycles. The van der Waals surface area contributed by atoms with Crippen LogP contribution in [-0.4, -0.2) is 96.7 Å². The Morgan fingerprint density at radius 1 is 0.271 bits per heavy atom. The lowest BCUT2D eigenvalue weighted by molar-refractivity contribution is -0.161. The van der Waals surface area contributed by atoms with Crippen molar-refractivity contribution in [3.63, 3.8) is 0 Å². The van der Waals surface area contributed by atoms with E-state index in [2.05, 4.69) is 41.5 Å². The van der Waals surface area contributed by atoms with Gasteiger partial charge in [0.05, 0.1) is 26.4 Å². The molecule has 0 aromatic carbocycles. The second-order valence-electron chi connectivity index (χ2n) is 32.4. The summed E-state index contributed by atoms with van der Waals surface area (Å²) in [6.45, 7) is 9.68. The first-order chi connectivity index (χ1) is 51.9. The Balaban J connectivity index is 5.22. The van der Waals surface area contributed by atoms with Crippen molar-refractivity contribution in [2.75, 3.05) is 39.6 Å². The standard InChI is InChI=1S/C88H172O17P2/c1-7-10-12-14-16-18-20-22-24-26-27-28-32-36-39-43-47-51-58-64-70-85(90)98-76-83(104-87(92)72-67-61-53-49-45-41-37-33-30-29-31-34-38-42-46-50-56-62-68-80(4)5)78-102-106(94,95)100-74-82(89)75-101-107(96,97)103-79-84(77-99-86(91)71-65-59-55-54-57-63-69-81(6)9-3)105-88(93)73-66-60-52-48-44-40-35-25-23-21-19-17-15-13-11-8-2/h80-84,89H,7-79H2,1-6H3,(H,94,95)(H,96,97)/t81?,82-,83-,84-/m1/s1. The summed E-state index contributed by atoms with van der Waals surface area (Å²) >= 11 is 0. The van der Waals surface area contributed by atoms with Gasteiger partial charge in [-0.3, -0.25) is 37.3 Å². The molecule has 0 aliphatic rings. The number of carbonyl (C=O) groups excluding carboxylic acids is 4. The first-order valence-electron chi connectivity index (χ1n) is 45.5. The Morgan fingerprint density at radius 2 is 0.477 bits per heavy atom. The first-order valence-corrected chi connectivity index (χ1v) is 48.5. The minimum Gasteiger partial charge on any atom is -0.462 e. The number of ether oxygens (including phenoxy) is 4. The zero-order valence-corrected chi connectivity index (χ0v) is 72.2. The maximum absolute atomic E-state index is 13.2. The summed E-state index contributed by atoms with van der Waals surface area (Å²) in [6.07, 6.45) is 72.3. The summed E-state index contributed by atoms with van der Waals surface area (Å²) in [5, 5.41) is 10.7. The van der Waals surface area contributed by atoms with Crippen LogP contribution in [-0.2, 0) is 65.4 Å². The maximum Gasteiger partial charge on any atom is 0.472 e. The molecule has 0 amide bonds. The van der Waals surface area contributed by atoms with Gasteiger partial charge >= 0.3 is 39.5 Å². The van der Waals surface area contributed by atoms with E-state index in [1.165, 1.54) is 283 Å². The molecule has 0 bridgehead atoms. The number of unbranched alkanes of at least 4 members (excludes halogenated alkanes) is 56. The first kappa shape index (κ1) is 105. The van der Waals surface area contributed by atoms with Gasteiger partial charge in [-0.15, -0.1) is 0 Å². The van der Waals surface area contributed by atoms with E-state index in [1.807, 2.05) is 0 Å². The number of hydrogen-bond acceptors (Lipinski definition) is 15. The number of carbonyl (C=O) groups is 4. The van der Waals surface area contributed by atoms with Crippen molar-refractivity contribution in [3.05, 3.63) is 0 Å². The zero-order valence-electron chi connectivity index (χ0n) is 70.5. The lowest BCUT2D eigenvalue weighted by Crippen LogP contribution is -2.30. The molecule has 19 heteroatoms. The number of hydrogen-bond donors (Lipinski definition) is 3. The third-order valence-corrected chi connectivity index (χ3v) is 23.0. The van der Waals surface area contributed by atoms with Crippen molar-refractivity contribution >= 4 is 39.5 Å². The number of esters is 4. The van der Waals surface area contributed by atoms with Crippen molar-refractivity contribution in [1.82, 2.24) is 0 Å². The molecule has 0 saturated heterocycles. The van der Waals surface area contributed by atoms with Crippen LogP contribution >= 0.6 is 15.6 Å². The largest absolute Gasteiger partial charge is 0.472 e. The van der Waals surface area contributed by atoms with Crippen LogP contribution in [0.2, 0.25) is 0 Å². The predicted octanol–water partition coefficient (Wildman–Crippen LogP) is 27.0. The highest BCUT2D eigenvalue weighted by atomic mass is 31.2. The summed E-state index contributed by atoms with van der Waals surface area (Å²) in [5.41, 5.74) is 0. The van der Waals surface area contributed by atoms with Crippen LogP contribution in [0.4, 0.5) is 0 Å². The molecular formula is C88H172O17P2. The molecule has 0 fully saturated rings. The van der Waals surface area contributed by atoms with Crippen LogP contribution < -0.4 is 0 Å². The lowest BCUT2D eigenvalue weighted by Gasteiger charge is -2.21. The Kier molecular flexibility index (Phi) is 77.9. The SMILES string of the molecule is CCCCCCCCCCCCCCCCCCCCCCC(=O)OC[C@H](COP(=O)(O)OC[C@@H](O)COP(=O)(O)OC[C@@H](COC(=O)CCCCCCCCC(C)CC)OC(=O)CCCCCCCCCCCCCCCCCC)OC(=O)CCCCCCCCCCCCCCCCCCCCC(C)C. The van der Waals surface area contributed by atoms with Gasteiger partial charge in [0.1, 0.15) is 19.3 Å². The minimum atomic E-state index is -4.97.